The van der Waals surface area contributed by atoms with Crippen LogP contribution >= 0.6 is 11.8 Å². The molecule has 0 unspecified atom stereocenters. The van der Waals surface area contributed by atoms with Crippen molar-refractivity contribution in [3.63, 3.8) is 0 Å². The minimum atomic E-state index is -0.922. The summed E-state index contributed by atoms with van der Waals surface area (Å²) in [5.74, 6) is -2.46. The largest absolute Gasteiger partial charge is 0.466 e. The fourth-order valence-corrected chi connectivity index (χ4v) is 3.79. The summed E-state index contributed by atoms with van der Waals surface area (Å²) in [5.41, 5.74) is -0.293. The maximum atomic E-state index is 14.5. The number of carbonyl (C=O) groups excluding carboxylic acids is 2. The molecule has 0 aliphatic heterocycles. The van der Waals surface area contributed by atoms with Crippen LogP contribution in [0, 0.1) is 11.6 Å². The Hall–Kier alpha value is -3.27. The van der Waals surface area contributed by atoms with Gasteiger partial charge in [-0.05, 0) is 37.6 Å². The van der Waals surface area contributed by atoms with Crippen LogP contribution in [-0.2, 0) is 14.3 Å². The molecule has 0 bridgehead atoms. The van der Waals surface area contributed by atoms with Crippen LogP contribution in [0.1, 0.15) is 19.8 Å². The van der Waals surface area contributed by atoms with Crippen molar-refractivity contribution >= 4 is 34.5 Å². The summed E-state index contributed by atoms with van der Waals surface area (Å²) in [4.78, 5) is 41.0. The molecule has 1 aromatic heterocycles. The summed E-state index contributed by atoms with van der Waals surface area (Å²) in [5, 5.41) is 3.04. The van der Waals surface area contributed by atoms with Crippen molar-refractivity contribution in [3.8, 4) is 5.69 Å². The number of para-hydroxylation sites is 1. The molecule has 3 aromatic rings. The molecule has 7 nitrogen and oxygen atoms in total. The normalized spacial score (nSPS) is 10.8. The highest BCUT2D eigenvalue weighted by Crippen LogP contribution is 2.23. The van der Waals surface area contributed by atoms with Gasteiger partial charge in [-0.1, -0.05) is 23.9 Å². The molecular weight excluding hydrogens is 440 g/mol. The number of ether oxygens (including phenoxy) is 1. The number of thioether (sulfide) groups is 1. The van der Waals surface area contributed by atoms with Crippen molar-refractivity contribution < 1.29 is 23.1 Å². The second-order valence-corrected chi connectivity index (χ2v) is 7.64. The van der Waals surface area contributed by atoms with Crippen LogP contribution in [0.3, 0.4) is 0 Å². The number of amides is 1. The fraction of sp³-hybridized carbons (Fsp3) is 0.273. The predicted octanol–water partition coefficient (Wildman–Crippen LogP) is 3.22. The van der Waals surface area contributed by atoms with Crippen LogP contribution in [-0.4, -0.2) is 40.3 Å². The number of aromatic nitrogens is 2. The Labute approximate surface area is 186 Å². The van der Waals surface area contributed by atoms with Gasteiger partial charge in [-0.15, -0.1) is 0 Å². The molecule has 0 aliphatic rings. The van der Waals surface area contributed by atoms with Gasteiger partial charge >= 0.3 is 5.97 Å². The second kappa shape index (κ2) is 10.9. The molecule has 10 heteroatoms. The molecular formula is C22H21F2N3O4S. The van der Waals surface area contributed by atoms with E-state index in [1.807, 2.05) is 0 Å². The molecule has 0 aliphatic carbocycles. The lowest BCUT2D eigenvalue weighted by atomic mass is 10.2. The third-order valence-electron chi connectivity index (χ3n) is 4.41. The van der Waals surface area contributed by atoms with Gasteiger partial charge in [0.25, 0.3) is 5.56 Å². The van der Waals surface area contributed by atoms with Crippen molar-refractivity contribution in [1.29, 1.82) is 0 Å². The molecule has 0 atom stereocenters. The Morgan fingerprint density at radius 1 is 1.19 bits per heavy atom. The van der Waals surface area contributed by atoms with Crippen molar-refractivity contribution in [2.24, 2.45) is 0 Å². The first-order chi connectivity index (χ1) is 15.4. The number of fused-ring (bicyclic) bond motifs is 1. The van der Waals surface area contributed by atoms with Crippen molar-refractivity contribution in [1.82, 2.24) is 14.9 Å². The molecule has 2 aromatic carbocycles. The van der Waals surface area contributed by atoms with Gasteiger partial charge in [-0.3, -0.25) is 19.0 Å². The van der Waals surface area contributed by atoms with E-state index in [9.17, 15) is 23.2 Å². The number of carbonyl (C=O) groups is 2. The lowest BCUT2D eigenvalue weighted by Crippen LogP contribution is -2.28. The molecule has 168 valence electrons. The van der Waals surface area contributed by atoms with Gasteiger partial charge in [0.05, 0.1) is 29.0 Å². The van der Waals surface area contributed by atoms with E-state index in [2.05, 4.69) is 10.3 Å². The zero-order valence-electron chi connectivity index (χ0n) is 17.3. The van der Waals surface area contributed by atoms with Crippen LogP contribution in [0.25, 0.3) is 16.6 Å². The summed E-state index contributed by atoms with van der Waals surface area (Å²) in [6.45, 7) is 2.30. The Morgan fingerprint density at radius 2 is 1.97 bits per heavy atom. The number of halogens is 2. The van der Waals surface area contributed by atoms with Crippen LogP contribution in [0.15, 0.2) is 52.4 Å². The zero-order valence-corrected chi connectivity index (χ0v) is 18.1. The molecule has 0 saturated heterocycles. The molecule has 1 amide bonds. The maximum absolute atomic E-state index is 14.5. The Balaban J connectivity index is 1.79. The molecule has 1 N–H and O–H groups in total. The molecule has 3 rings (SSSR count). The lowest BCUT2D eigenvalue weighted by molar-refractivity contribution is -0.143. The Bertz CT molecular complexity index is 1200. The maximum Gasteiger partial charge on any atom is 0.305 e. The topological polar surface area (TPSA) is 90.3 Å². The minimum Gasteiger partial charge on any atom is -0.466 e. The average Bonchev–Trinajstić information content (AvgIpc) is 2.76. The van der Waals surface area contributed by atoms with E-state index in [0.29, 0.717) is 24.6 Å². The van der Waals surface area contributed by atoms with Crippen molar-refractivity contribution in [3.05, 3.63) is 64.5 Å². The van der Waals surface area contributed by atoms with Gasteiger partial charge in [-0.2, -0.15) is 0 Å². The number of hydrogen-bond acceptors (Lipinski definition) is 6. The SMILES string of the molecule is CCOC(=O)CCCNC(=O)CSc1nc2ccccc2c(=O)n1-c1ccc(F)cc1F. The van der Waals surface area contributed by atoms with E-state index in [4.69, 9.17) is 4.74 Å². The van der Waals surface area contributed by atoms with Crippen LogP contribution in [0.2, 0.25) is 0 Å². The summed E-state index contributed by atoms with van der Waals surface area (Å²) in [6.07, 6.45) is 0.617. The van der Waals surface area contributed by atoms with Crippen molar-refractivity contribution in [2.75, 3.05) is 18.9 Å². The number of nitrogens with one attached hydrogen (secondary N) is 1. The molecule has 0 fully saturated rings. The third kappa shape index (κ3) is 5.70. The smallest absolute Gasteiger partial charge is 0.305 e. The van der Waals surface area contributed by atoms with Crippen LogP contribution < -0.4 is 10.9 Å². The van der Waals surface area contributed by atoms with E-state index >= 15 is 0 Å². The minimum absolute atomic E-state index is 0.0903. The molecule has 0 spiro atoms. The van der Waals surface area contributed by atoms with Gasteiger partial charge < -0.3 is 10.1 Å². The number of hydrogen-bond donors (Lipinski definition) is 1. The summed E-state index contributed by atoms with van der Waals surface area (Å²) in [6, 6.07) is 9.46. The lowest BCUT2D eigenvalue weighted by Gasteiger charge is -2.14. The highest BCUT2D eigenvalue weighted by Gasteiger charge is 2.17. The highest BCUT2D eigenvalue weighted by molar-refractivity contribution is 7.99. The monoisotopic (exact) mass is 461 g/mol. The van der Waals surface area contributed by atoms with Gasteiger partial charge in [0.2, 0.25) is 5.91 Å². The molecule has 1 heterocycles. The van der Waals surface area contributed by atoms with E-state index in [1.54, 1.807) is 31.2 Å². The predicted molar refractivity (Wildman–Crippen MR) is 117 cm³/mol. The summed E-state index contributed by atoms with van der Waals surface area (Å²) >= 11 is 0.952. The van der Waals surface area contributed by atoms with E-state index in [1.165, 1.54) is 0 Å². The summed E-state index contributed by atoms with van der Waals surface area (Å²) in [7, 11) is 0. The van der Waals surface area contributed by atoms with Gasteiger partial charge in [-0.25, -0.2) is 13.8 Å². The molecule has 32 heavy (non-hydrogen) atoms. The van der Waals surface area contributed by atoms with Crippen LogP contribution in [0.5, 0.6) is 0 Å². The first-order valence-electron chi connectivity index (χ1n) is 9.93. The van der Waals surface area contributed by atoms with Gasteiger partial charge in [0.1, 0.15) is 11.6 Å². The Morgan fingerprint density at radius 3 is 2.72 bits per heavy atom. The van der Waals surface area contributed by atoms with Gasteiger partial charge in [0.15, 0.2) is 5.16 Å². The second-order valence-electron chi connectivity index (χ2n) is 6.70. The quantitative estimate of drug-likeness (QED) is 0.228. The van der Waals surface area contributed by atoms with E-state index < -0.39 is 17.2 Å². The average molecular weight is 461 g/mol. The number of nitrogens with zero attached hydrogens (tertiary/aromatic N) is 2. The fourth-order valence-electron chi connectivity index (χ4n) is 2.96. The number of benzene rings is 2. The van der Waals surface area contributed by atoms with Gasteiger partial charge in [0, 0.05) is 19.0 Å². The molecule has 0 saturated carbocycles. The molecule has 0 radical (unpaired) electrons. The number of rotatable bonds is 9. The first-order valence-corrected chi connectivity index (χ1v) is 10.9. The van der Waals surface area contributed by atoms with E-state index in [0.717, 1.165) is 28.5 Å². The highest BCUT2D eigenvalue weighted by atomic mass is 32.2. The number of esters is 1. The standard InChI is InChI=1S/C22H21F2N3O4S/c1-2-31-20(29)8-5-11-25-19(28)13-32-22-26-17-7-4-3-6-15(17)21(30)27(22)18-10-9-14(23)12-16(18)24/h3-4,6-7,9-10,12H,2,5,8,11,13H2,1H3,(H,25,28). The van der Waals surface area contributed by atoms with Crippen LogP contribution in [0.4, 0.5) is 8.78 Å². The Kier molecular flexibility index (Phi) is 7.93. The zero-order chi connectivity index (χ0) is 23.1. The third-order valence-corrected chi connectivity index (χ3v) is 5.35. The summed E-state index contributed by atoms with van der Waals surface area (Å²) < 4.78 is 33.7. The first kappa shape index (κ1) is 23.4. The van der Waals surface area contributed by atoms with Crippen molar-refractivity contribution in [2.45, 2.75) is 24.9 Å². The van der Waals surface area contributed by atoms with E-state index in [-0.39, 0.29) is 46.8 Å².